The Balaban J connectivity index is 2.30. The van der Waals surface area contributed by atoms with Gasteiger partial charge in [0.1, 0.15) is 5.84 Å². The van der Waals surface area contributed by atoms with Crippen molar-refractivity contribution in [2.24, 2.45) is 16.3 Å². The van der Waals surface area contributed by atoms with Gasteiger partial charge in [0.2, 0.25) is 0 Å². The zero-order valence-electron chi connectivity index (χ0n) is 12.3. The molecule has 0 bridgehead atoms. The third kappa shape index (κ3) is 5.63. The van der Waals surface area contributed by atoms with E-state index < -0.39 is 4.92 Å². The number of unbranched alkanes of at least 4 members (excludes halogenated alkanes) is 1. The summed E-state index contributed by atoms with van der Waals surface area (Å²) >= 11 is 1.67. The van der Waals surface area contributed by atoms with Crippen LogP contribution in [0.3, 0.4) is 0 Å². The Kier molecular flexibility index (Phi) is 6.48. The minimum atomic E-state index is -0.399. The summed E-state index contributed by atoms with van der Waals surface area (Å²) < 4.78 is 0. The Labute approximate surface area is 128 Å². The number of thioether (sulfide) groups is 1. The Morgan fingerprint density at radius 2 is 2.00 bits per heavy atom. The van der Waals surface area contributed by atoms with E-state index >= 15 is 0 Å². The minimum Gasteiger partial charge on any atom is -0.409 e. The first-order valence-electron chi connectivity index (χ1n) is 6.72. The van der Waals surface area contributed by atoms with Gasteiger partial charge in [-0.15, -0.1) is 11.8 Å². The fraction of sp³-hybridized carbons (Fsp3) is 0.500. The highest BCUT2D eigenvalue weighted by molar-refractivity contribution is 7.99. The number of benzene rings is 1. The van der Waals surface area contributed by atoms with Gasteiger partial charge in [-0.05, 0) is 30.7 Å². The molecule has 0 heterocycles. The van der Waals surface area contributed by atoms with Crippen molar-refractivity contribution in [1.82, 2.24) is 0 Å². The first kappa shape index (κ1) is 17.3. The second kappa shape index (κ2) is 7.87. The molecular formula is C14H21N3O3S. The first-order chi connectivity index (χ1) is 9.86. The van der Waals surface area contributed by atoms with E-state index in [1.807, 2.05) is 13.8 Å². The monoisotopic (exact) mass is 311 g/mol. The molecule has 3 N–H and O–H groups in total. The number of nitro benzene ring substituents is 1. The summed E-state index contributed by atoms with van der Waals surface area (Å²) in [6.45, 7) is 3.90. The molecule has 0 amide bonds. The van der Waals surface area contributed by atoms with Crippen LogP contribution < -0.4 is 5.73 Å². The average molecular weight is 311 g/mol. The standard InChI is InChI=1S/C14H21N3O3S/c1-14(2,13(15)16-18)9-3-4-10-21-12-7-5-11(6-8-12)17(19)20/h5-8,18H,3-4,9-10H2,1-2H3,(H2,15,16). The minimum absolute atomic E-state index is 0.111. The van der Waals surface area contributed by atoms with E-state index in [4.69, 9.17) is 10.9 Å². The molecule has 0 radical (unpaired) electrons. The number of nitrogens with zero attached hydrogens (tertiary/aromatic N) is 2. The fourth-order valence-corrected chi connectivity index (χ4v) is 2.70. The fourth-order valence-electron chi connectivity index (χ4n) is 1.79. The normalized spacial score (nSPS) is 12.4. The largest absolute Gasteiger partial charge is 0.409 e. The van der Waals surface area contributed by atoms with Gasteiger partial charge in [0, 0.05) is 22.4 Å². The van der Waals surface area contributed by atoms with Gasteiger partial charge in [-0.3, -0.25) is 10.1 Å². The van der Waals surface area contributed by atoms with Gasteiger partial charge in [-0.25, -0.2) is 0 Å². The van der Waals surface area contributed by atoms with Crippen molar-refractivity contribution in [3.05, 3.63) is 34.4 Å². The molecule has 0 aliphatic carbocycles. The highest BCUT2D eigenvalue weighted by Crippen LogP contribution is 2.26. The number of oxime groups is 1. The van der Waals surface area contributed by atoms with Crippen LogP contribution in [-0.4, -0.2) is 21.7 Å². The lowest BCUT2D eigenvalue weighted by atomic mass is 9.86. The van der Waals surface area contributed by atoms with Gasteiger partial charge in [0.05, 0.1) is 4.92 Å². The van der Waals surface area contributed by atoms with E-state index in [1.54, 1.807) is 23.9 Å². The molecular weight excluding hydrogens is 290 g/mol. The second-order valence-electron chi connectivity index (χ2n) is 5.43. The maximum absolute atomic E-state index is 10.5. The van der Waals surface area contributed by atoms with Crippen LogP contribution in [0, 0.1) is 15.5 Å². The summed E-state index contributed by atoms with van der Waals surface area (Å²) in [6, 6.07) is 6.57. The van der Waals surface area contributed by atoms with E-state index in [0.717, 1.165) is 29.9 Å². The molecule has 1 aromatic carbocycles. The molecule has 0 spiro atoms. The molecule has 116 valence electrons. The molecule has 0 atom stereocenters. The summed E-state index contributed by atoms with van der Waals surface area (Å²) in [6.07, 6.45) is 2.83. The molecule has 0 aliphatic rings. The molecule has 0 aromatic heterocycles. The lowest BCUT2D eigenvalue weighted by Gasteiger charge is -2.22. The molecule has 0 fully saturated rings. The van der Waals surface area contributed by atoms with Crippen LogP contribution in [0.2, 0.25) is 0 Å². The highest BCUT2D eigenvalue weighted by atomic mass is 32.2. The highest BCUT2D eigenvalue weighted by Gasteiger charge is 2.22. The Morgan fingerprint density at radius 1 is 1.38 bits per heavy atom. The maximum atomic E-state index is 10.5. The Hall–Kier alpha value is -1.76. The van der Waals surface area contributed by atoms with Crippen LogP contribution in [-0.2, 0) is 0 Å². The molecule has 0 saturated carbocycles. The van der Waals surface area contributed by atoms with Gasteiger partial charge < -0.3 is 10.9 Å². The first-order valence-corrected chi connectivity index (χ1v) is 7.70. The van der Waals surface area contributed by atoms with E-state index in [1.165, 1.54) is 12.1 Å². The van der Waals surface area contributed by atoms with Crippen LogP contribution in [0.5, 0.6) is 0 Å². The zero-order chi connectivity index (χ0) is 15.9. The summed E-state index contributed by atoms with van der Waals surface area (Å²) in [5.41, 5.74) is 5.45. The van der Waals surface area contributed by atoms with Crippen molar-refractivity contribution in [2.45, 2.75) is 38.0 Å². The second-order valence-corrected chi connectivity index (χ2v) is 6.59. The average Bonchev–Trinajstić information content (AvgIpc) is 2.46. The summed E-state index contributed by atoms with van der Waals surface area (Å²) in [5.74, 6) is 1.19. The molecule has 1 aromatic rings. The number of rotatable bonds is 8. The lowest BCUT2D eigenvalue weighted by molar-refractivity contribution is -0.384. The number of nitro groups is 1. The summed E-state index contributed by atoms with van der Waals surface area (Å²) in [5, 5.41) is 22.3. The predicted octanol–water partition coefficient (Wildman–Crippen LogP) is 3.63. The number of nitrogens with two attached hydrogens (primary N) is 1. The van der Waals surface area contributed by atoms with Crippen LogP contribution in [0.15, 0.2) is 34.3 Å². The van der Waals surface area contributed by atoms with E-state index in [0.29, 0.717) is 0 Å². The van der Waals surface area contributed by atoms with Crippen LogP contribution in [0.25, 0.3) is 0 Å². The van der Waals surface area contributed by atoms with Crippen molar-refractivity contribution < 1.29 is 10.1 Å². The molecule has 21 heavy (non-hydrogen) atoms. The van der Waals surface area contributed by atoms with E-state index in [2.05, 4.69) is 5.16 Å². The van der Waals surface area contributed by atoms with Crippen LogP contribution in [0.4, 0.5) is 5.69 Å². The quantitative estimate of drug-likeness (QED) is 0.145. The van der Waals surface area contributed by atoms with Crippen molar-refractivity contribution in [1.29, 1.82) is 0 Å². The van der Waals surface area contributed by atoms with Crippen molar-refractivity contribution >= 4 is 23.3 Å². The topological polar surface area (TPSA) is 102 Å². The summed E-state index contributed by atoms with van der Waals surface area (Å²) in [4.78, 5) is 11.2. The number of hydrogen-bond acceptors (Lipinski definition) is 5. The van der Waals surface area contributed by atoms with Gasteiger partial charge >= 0.3 is 0 Å². The van der Waals surface area contributed by atoms with Gasteiger partial charge in [-0.1, -0.05) is 25.4 Å². The van der Waals surface area contributed by atoms with Crippen molar-refractivity contribution in [3.8, 4) is 0 Å². The Morgan fingerprint density at radius 3 is 2.52 bits per heavy atom. The van der Waals surface area contributed by atoms with Gasteiger partial charge in [0.25, 0.3) is 5.69 Å². The third-order valence-corrected chi connectivity index (χ3v) is 4.41. The van der Waals surface area contributed by atoms with Crippen LogP contribution in [0.1, 0.15) is 33.1 Å². The molecule has 0 saturated heterocycles. The maximum Gasteiger partial charge on any atom is 0.269 e. The predicted molar refractivity (Wildman–Crippen MR) is 84.9 cm³/mol. The Bertz CT molecular complexity index is 501. The number of hydrogen-bond donors (Lipinski definition) is 2. The van der Waals surface area contributed by atoms with Crippen molar-refractivity contribution in [3.63, 3.8) is 0 Å². The number of amidine groups is 1. The van der Waals surface area contributed by atoms with Gasteiger partial charge in [0.15, 0.2) is 0 Å². The SMILES string of the molecule is CC(C)(CCCCSc1ccc([N+](=O)[O-])cc1)/C(N)=N/O. The lowest BCUT2D eigenvalue weighted by Crippen LogP contribution is -2.31. The molecule has 0 unspecified atom stereocenters. The molecule has 7 heteroatoms. The van der Waals surface area contributed by atoms with Crippen LogP contribution >= 0.6 is 11.8 Å². The van der Waals surface area contributed by atoms with Gasteiger partial charge in [-0.2, -0.15) is 0 Å². The molecule has 6 nitrogen and oxygen atoms in total. The molecule has 1 rings (SSSR count). The summed E-state index contributed by atoms with van der Waals surface area (Å²) in [7, 11) is 0. The third-order valence-electron chi connectivity index (χ3n) is 3.31. The van der Waals surface area contributed by atoms with E-state index in [9.17, 15) is 10.1 Å². The zero-order valence-corrected chi connectivity index (χ0v) is 13.1. The van der Waals surface area contributed by atoms with E-state index in [-0.39, 0.29) is 16.9 Å². The molecule has 0 aliphatic heterocycles. The number of non-ortho nitro benzene ring substituents is 1. The van der Waals surface area contributed by atoms with Crippen molar-refractivity contribution in [2.75, 3.05) is 5.75 Å². The smallest absolute Gasteiger partial charge is 0.269 e.